The van der Waals surface area contributed by atoms with Gasteiger partial charge in [-0.05, 0) is 53.3 Å². The number of hydrogen-bond acceptors (Lipinski definition) is 0. The lowest BCUT2D eigenvalue weighted by Crippen LogP contribution is -1.97. The van der Waals surface area contributed by atoms with Crippen molar-refractivity contribution < 1.29 is 0 Å². The molecule has 1 atom stereocenters. The number of nitrogens with one attached hydrogen (secondary N) is 1. The second-order valence-electron chi connectivity index (χ2n) is 7.89. The van der Waals surface area contributed by atoms with Gasteiger partial charge in [-0.25, -0.2) is 0 Å². The zero-order valence-electron chi connectivity index (χ0n) is 18.4. The Bertz CT molecular complexity index is 971. The van der Waals surface area contributed by atoms with Crippen molar-refractivity contribution in [2.45, 2.75) is 46.0 Å². The third-order valence-corrected chi connectivity index (χ3v) is 5.53. The molecule has 1 aromatic heterocycles. The molecule has 0 spiro atoms. The molecule has 0 amide bonds. The summed E-state index contributed by atoms with van der Waals surface area (Å²) in [5, 5.41) is 0. The summed E-state index contributed by atoms with van der Waals surface area (Å²) >= 11 is 0. The minimum atomic E-state index is 0.302. The summed E-state index contributed by atoms with van der Waals surface area (Å²) in [6.07, 6.45) is 16.9. The predicted molar refractivity (Wildman–Crippen MR) is 131 cm³/mol. The maximum Gasteiger partial charge on any atom is 0.00761 e. The highest BCUT2D eigenvalue weighted by Crippen LogP contribution is 2.31. The smallest absolute Gasteiger partial charge is 0.00761 e. The molecule has 1 heteroatoms. The first-order valence-corrected chi connectivity index (χ1v) is 11.0. The second-order valence-corrected chi connectivity index (χ2v) is 7.89. The zero-order chi connectivity index (χ0) is 21.2. The van der Waals surface area contributed by atoms with Gasteiger partial charge >= 0.3 is 0 Å². The molecule has 154 valence electrons. The van der Waals surface area contributed by atoms with Crippen molar-refractivity contribution >= 4 is 5.57 Å². The Morgan fingerprint density at radius 3 is 2.37 bits per heavy atom. The number of hydrogen-bond donors (Lipinski definition) is 1. The maximum absolute atomic E-state index is 3.21. The second kappa shape index (κ2) is 11.2. The van der Waals surface area contributed by atoms with Gasteiger partial charge in [-0.15, -0.1) is 0 Å². The third kappa shape index (κ3) is 5.97. The molecule has 0 saturated carbocycles. The van der Waals surface area contributed by atoms with E-state index < -0.39 is 0 Å². The lowest BCUT2D eigenvalue weighted by atomic mass is 9.89. The van der Waals surface area contributed by atoms with E-state index in [1.807, 2.05) is 6.20 Å². The SMILES string of the molecule is CCCC\C=C/C=C(/C=C(/c1ccccc1)c1ccc(C)cc1)C(C)c1cc[nH]c1. The largest absolute Gasteiger partial charge is 0.367 e. The topological polar surface area (TPSA) is 15.8 Å². The van der Waals surface area contributed by atoms with Crippen LogP contribution in [0, 0.1) is 6.92 Å². The minimum Gasteiger partial charge on any atom is -0.367 e. The fourth-order valence-corrected chi connectivity index (χ4v) is 3.56. The number of rotatable bonds is 9. The predicted octanol–water partition coefficient (Wildman–Crippen LogP) is 8.23. The summed E-state index contributed by atoms with van der Waals surface area (Å²) in [5.41, 5.74) is 7.63. The van der Waals surface area contributed by atoms with E-state index in [9.17, 15) is 0 Å². The summed E-state index contributed by atoms with van der Waals surface area (Å²) in [6, 6.07) is 21.7. The number of allylic oxidation sites excluding steroid dienone is 5. The van der Waals surface area contributed by atoms with Gasteiger partial charge in [0.1, 0.15) is 0 Å². The van der Waals surface area contributed by atoms with Crippen LogP contribution in [-0.4, -0.2) is 4.98 Å². The quantitative estimate of drug-likeness (QED) is 0.277. The van der Waals surface area contributed by atoms with Crippen molar-refractivity contribution in [3.05, 3.63) is 125 Å². The van der Waals surface area contributed by atoms with Crippen LogP contribution in [-0.2, 0) is 0 Å². The average molecular weight is 396 g/mol. The van der Waals surface area contributed by atoms with Crippen LogP contribution in [0.3, 0.4) is 0 Å². The number of unbranched alkanes of at least 4 members (excludes halogenated alkanes) is 2. The Morgan fingerprint density at radius 2 is 1.70 bits per heavy atom. The van der Waals surface area contributed by atoms with Crippen molar-refractivity contribution in [3.63, 3.8) is 0 Å². The Balaban J connectivity index is 2.06. The van der Waals surface area contributed by atoms with Crippen LogP contribution in [0.2, 0.25) is 0 Å². The van der Waals surface area contributed by atoms with E-state index in [-0.39, 0.29) is 0 Å². The van der Waals surface area contributed by atoms with E-state index in [0.717, 1.165) is 6.42 Å². The molecule has 0 saturated heterocycles. The van der Waals surface area contributed by atoms with E-state index in [1.54, 1.807) is 0 Å². The first-order valence-electron chi connectivity index (χ1n) is 11.0. The molecule has 1 unspecified atom stereocenters. The van der Waals surface area contributed by atoms with Crippen LogP contribution in [0.1, 0.15) is 61.3 Å². The molecule has 1 nitrogen and oxygen atoms in total. The van der Waals surface area contributed by atoms with E-state index in [4.69, 9.17) is 0 Å². The fourth-order valence-electron chi connectivity index (χ4n) is 3.56. The van der Waals surface area contributed by atoms with E-state index in [2.05, 4.69) is 117 Å². The Kier molecular flexibility index (Phi) is 8.09. The number of aromatic amines is 1. The van der Waals surface area contributed by atoms with Gasteiger partial charge in [0.25, 0.3) is 0 Å². The zero-order valence-corrected chi connectivity index (χ0v) is 18.4. The van der Waals surface area contributed by atoms with Crippen molar-refractivity contribution in [2.24, 2.45) is 0 Å². The van der Waals surface area contributed by atoms with Crippen LogP contribution in [0.5, 0.6) is 0 Å². The van der Waals surface area contributed by atoms with Gasteiger partial charge in [0.2, 0.25) is 0 Å². The minimum absolute atomic E-state index is 0.302. The molecule has 2 aromatic carbocycles. The molecule has 1 heterocycles. The highest BCUT2D eigenvalue weighted by atomic mass is 14.6. The molecule has 0 aliphatic rings. The molecule has 3 rings (SSSR count). The summed E-state index contributed by atoms with van der Waals surface area (Å²) < 4.78 is 0. The number of aromatic nitrogens is 1. The van der Waals surface area contributed by atoms with Crippen molar-refractivity contribution in [3.8, 4) is 0 Å². The molecular weight excluding hydrogens is 362 g/mol. The molecule has 0 fully saturated rings. The molecule has 0 radical (unpaired) electrons. The van der Waals surface area contributed by atoms with Crippen LogP contribution >= 0.6 is 0 Å². The third-order valence-electron chi connectivity index (χ3n) is 5.53. The number of H-pyrrole nitrogens is 1. The van der Waals surface area contributed by atoms with Crippen molar-refractivity contribution in [2.75, 3.05) is 0 Å². The van der Waals surface area contributed by atoms with Gasteiger partial charge in [-0.3, -0.25) is 0 Å². The molecule has 0 aliphatic heterocycles. The van der Waals surface area contributed by atoms with Gasteiger partial charge in [-0.2, -0.15) is 0 Å². The molecule has 1 N–H and O–H groups in total. The fraction of sp³-hybridized carbons (Fsp3) is 0.241. The summed E-state index contributed by atoms with van der Waals surface area (Å²) in [4.78, 5) is 3.21. The highest BCUT2D eigenvalue weighted by Gasteiger charge is 2.13. The van der Waals surface area contributed by atoms with Crippen LogP contribution in [0.4, 0.5) is 0 Å². The van der Waals surface area contributed by atoms with Gasteiger partial charge in [-0.1, -0.05) is 105 Å². The Morgan fingerprint density at radius 1 is 0.967 bits per heavy atom. The first kappa shape index (κ1) is 21.6. The standard InChI is InChI=1S/C29H33N/c1-4-5-6-7-9-14-27(24(3)28-19-20-30-22-28)21-29(25-12-10-8-11-13-25)26-17-15-23(2)16-18-26/h7-22,24,30H,4-6H2,1-3H3/b9-7-,27-14-,29-21-. The number of benzene rings is 2. The average Bonchev–Trinajstić information content (AvgIpc) is 3.32. The van der Waals surface area contributed by atoms with Crippen LogP contribution in [0.25, 0.3) is 5.57 Å². The van der Waals surface area contributed by atoms with E-state index in [0.29, 0.717) is 5.92 Å². The maximum atomic E-state index is 3.21. The van der Waals surface area contributed by atoms with E-state index in [1.165, 1.54) is 46.2 Å². The van der Waals surface area contributed by atoms with Crippen LogP contribution < -0.4 is 0 Å². The van der Waals surface area contributed by atoms with Gasteiger partial charge in [0.15, 0.2) is 0 Å². The summed E-state index contributed by atoms with van der Waals surface area (Å²) in [5.74, 6) is 0.302. The molecule has 30 heavy (non-hydrogen) atoms. The highest BCUT2D eigenvalue weighted by molar-refractivity contribution is 5.82. The molecular formula is C29H33N. The van der Waals surface area contributed by atoms with E-state index >= 15 is 0 Å². The Labute approximate surface area is 181 Å². The van der Waals surface area contributed by atoms with Gasteiger partial charge < -0.3 is 4.98 Å². The van der Waals surface area contributed by atoms with Gasteiger partial charge in [0.05, 0.1) is 0 Å². The Hall–Kier alpha value is -3.06. The van der Waals surface area contributed by atoms with Crippen molar-refractivity contribution in [1.82, 2.24) is 4.98 Å². The van der Waals surface area contributed by atoms with Crippen LogP contribution in [0.15, 0.2) is 103 Å². The van der Waals surface area contributed by atoms with Gasteiger partial charge in [0, 0.05) is 18.3 Å². The normalized spacial score (nSPS) is 13.7. The first-order chi connectivity index (χ1) is 14.7. The lowest BCUT2D eigenvalue weighted by Gasteiger charge is -2.15. The summed E-state index contributed by atoms with van der Waals surface area (Å²) in [6.45, 7) is 6.65. The molecule has 0 aliphatic carbocycles. The number of aryl methyl sites for hydroxylation is 1. The summed E-state index contributed by atoms with van der Waals surface area (Å²) in [7, 11) is 0. The van der Waals surface area contributed by atoms with Crippen molar-refractivity contribution in [1.29, 1.82) is 0 Å². The lowest BCUT2D eigenvalue weighted by molar-refractivity contribution is 0.814. The molecule has 0 bridgehead atoms. The monoisotopic (exact) mass is 395 g/mol. The molecule has 3 aromatic rings.